The molecule has 3 aromatic rings. The summed E-state index contributed by atoms with van der Waals surface area (Å²) in [5, 5.41) is 0.643. The highest BCUT2D eigenvalue weighted by molar-refractivity contribution is 7.89. The average molecular weight is 419 g/mol. The molecule has 0 radical (unpaired) electrons. The molecule has 6 nitrogen and oxygen atoms in total. The van der Waals surface area contributed by atoms with Gasteiger partial charge in [-0.05, 0) is 44.0 Å². The van der Waals surface area contributed by atoms with E-state index in [2.05, 4.69) is 4.98 Å². The molecule has 1 aromatic heterocycles. The number of hydrogen-bond donors (Lipinski definition) is 0. The minimum absolute atomic E-state index is 0.0332. The van der Waals surface area contributed by atoms with Crippen molar-refractivity contribution in [3.05, 3.63) is 48.5 Å². The molecular formula is C20H22N2O4S2. The number of nitrogens with zero attached hydrogens (tertiary/aromatic N) is 2. The van der Waals surface area contributed by atoms with E-state index in [1.165, 1.54) is 15.6 Å². The summed E-state index contributed by atoms with van der Waals surface area (Å²) < 4.78 is 40.3. The Morgan fingerprint density at radius 3 is 2.57 bits per heavy atom. The quantitative estimate of drug-likeness (QED) is 0.607. The third kappa shape index (κ3) is 3.85. The summed E-state index contributed by atoms with van der Waals surface area (Å²) in [6.45, 7) is 3.09. The zero-order chi connectivity index (χ0) is 19.6. The lowest BCUT2D eigenvalue weighted by Crippen LogP contribution is -2.41. The van der Waals surface area contributed by atoms with Gasteiger partial charge in [-0.1, -0.05) is 35.6 Å². The molecule has 8 heteroatoms. The molecule has 1 fully saturated rings. The maximum Gasteiger partial charge on any atom is 0.274 e. The van der Waals surface area contributed by atoms with Crippen LogP contribution < -0.4 is 9.47 Å². The Bertz CT molecular complexity index is 1020. The highest BCUT2D eigenvalue weighted by Crippen LogP contribution is 2.32. The molecular weight excluding hydrogens is 396 g/mol. The number of benzene rings is 2. The maximum atomic E-state index is 13.1. The molecule has 2 aromatic carbocycles. The second kappa shape index (κ2) is 8.06. The lowest BCUT2D eigenvalue weighted by Gasteiger charge is -2.31. The molecule has 148 valence electrons. The molecule has 0 N–H and O–H groups in total. The van der Waals surface area contributed by atoms with Crippen molar-refractivity contribution in [2.75, 3.05) is 19.7 Å². The third-order valence-electron chi connectivity index (χ3n) is 4.71. The second-order valence-corrected chi connectivity index (χ2v) is 9.45. The smallest absolute Gasteiger partial charge is 0.274 e. The minimum atomic E-state index is -3.59. The topological polar surface area (TPSA) is 68.7 Å². The first-order valence-corrected chi connectivity index (χ1v) is 11.6. The normalized spacial score (nSPS) is 16.3. The Balaban J connectivity index is 1.43. The van der Waals surface area contributed by atoms with Gasteiger partial charge in [0, 0.05) is 13.1 Å². The summed E-state index contributed by atoms with van der Waals surface area (Å²) in [5.41, 5.74) is 0.926. The van der Waals surface area contributed by atoms with Gasteiger partial charge in [0.05, 0.1) is 16.8 Å². The van der Waals surface area contributed by atoms with Crippen LogP contribution in [0.2, 0.25) is 0 Å². The summed E-state index contributed by atoms with van der Waals surface area (Å²) >= 11 is 1.52. The van der Waals surface area contributed by atoms with Crippen LogP contribution in [-0.2, 0) is 10.0 Å². The number of fused-ring (bicyclic) bond motifs is 1. The van der Waals surface area contributed by atoms with Crippen LogP contribution in [-0.4, -0.2) is 43.5 Å². The van der Waals surface area contributed by atoms with Gasteiger partial charge in [0.1, 0.15) is 16.7 Å². The number of sulfonamides is 1. The molecule has 0 amide bonds. The van der Waals surface area contributed by atoms with Crippen molar-refractivity contribution in [3.63, 3.8) is 0 Å². The first kappa shape index (κ1) is 19.2. The molecule has 2 heterocycles. The van der Waals surface area contributed by atoms with Crippen molar-refractivity contribution in [3.8, 4) is 10.9 Å². The van der Waals surface area contributed by atoms with Crippen molar-refractivity contribution in [2.24, 2.45) is 0 Å². The number of thiazole rings is 1. The highest BCUT2D eigenvalue weighted by atomic mass is 32.2. The Morgan fingerprint density at radius 1 is 1.11 bits per heavy atom. The second-order valence-electron chi connectivity index (χ2n) is 6.55. The van der Waals surface area contributed by atoms with Crippen LogP contribution in [0.25, 0.3) is 10.2 Å². The molecule has 0 saturated carbocycles. The predicted molar refractivity (Wildman–Crippen MR) is 110 cm³/mol. The van der Waals surface area contributed by atoms with Crippen molar-refractivity contribution in [1.29, 1.82) is 0 Å². The molecule has 1 aliphatic heterocycles. The van der Waals surface area contributed by atoms with Gasteiger partial charge in [0.2, 0.25) is 10.0 Å². The fraction of sp³-hybridized carbons (Fsp3) is 0.350. The Labute approximate surface area is 168 Å². The van der Waals surface area contributed by atoms with E-state index >= 15 is 0 Å². The van der Waals surface area contributed by atoms with Gasteiger partial charge in [-0.2, -0.15) is 4.31 Å². The fourth-order valence-corrected chi connectivity index (χ4v) is 5.79. The summed E-state index contributed by atoms with van der Waals surface area (Å²) in [7, 11) is -3.59. The third-order valence-corrected chi connectivity index (χ3v) is 7.57. The lowest BCUT2D eigenvalue weighted by atomic mass is 10.1. The number of rotatable bonds is 6. The summed E-state index contributed by atoms with van der Waals surface area (Å²) in [5.74, 6) is 0.401. The van der Waals surface area contributed by atoms with E-state index < -0.39 is 10.0 Å². The van der Waals surface area contributed by atoms with E-state index in [0.29, 0.717) is 43.5 Å². The molecule has 4 rings (SSSR count). The Hall–Kier alpha value is -2.16. The Morgan fingerprint density at radius 2 is 1.82 bits per heavy atom. The van der Waals surface area contributed by atoms with Crippen LogP contribution in [0.5, 0.6) is 10.9 Å². The largest absolute Gasteiger partial charge is 0.492 e. The van der Waals surface area contributed by atoms with E-state index in [0.717, 1.165) is 10.2 Å². The van der Waals surface area contributed by atoms with Crippen LogP contribution in [0.4, 0.5) is 0 Å². The zero-order valence-electron chi connectivity index (χ0n) is 15.6. The van der Waals surface area contributed by atoms with Crippen LogP contribution in [0.3, 0.4) is 0 Å². The van der Waals surface area contributed by atoms with Crippen LogP contribution >= 0.6 is 11.3 Å². The SMILES string of the molecule is CCOc1ccccc1S(=O)(=O)N1CCC(Oc2nc3ccccc3s2)CC1. The van der Waals surface area contributed by atoms with Crippen LogP contribution in [0.1, 0.15) is 19.8 Å². The Kier molecular flexibility index (Phi) is 5.52. The van der Waals surface area contributed by atoms with Gasteiger partial charge in [-0.15, -0.1) is 0 Å². The van der Waals surface area contributed by atoms with Crippen molar-refractivity contribution >= 4 is 31.6 Å². The summed E-state index contributed by atoms with van der Waals surface area (Å²) in [6, 6.07) is 14.7. The number of aromatic nitrogens is 1. The summed E-state index contributed by atoms with van der Waals surface area (Å²) in [4.78, 5) is 4.73. The van der Waals surface area contributed by atoms with E-state index in [4.69, 9.17) is 9.47 Å². The molecule has 1 aliphatic rings. The molecule has 28 heavy (non-hydrogen) atoms. The van der Waals surface area contributed by atoms with Crippen molar-refractivity contribution in [1.82, 2.24) is 9.29 Å². The number of para-hydroxylation sites is 2. The molecule has 1 saturated heterocycles. The predicted octanol–water partition coefficient (Wildman–Crippen LogP) is 3.93. The van der Waals surface area contributed by atoms with Gasteiger partial charge in [0.15, 0.2) is 0 Å². The molecule has 0 spiro atoms. The minimum Gasteiger partial charge on any atom is -0.492 e. The highest BCUT2D eigenvalue weighted by Gasteiger charge is 2.32. The molecule has 0 unspecified atom stereocenters. The summed E-state index contributed by atoms with van der Waals surface area (Å²) in [6.07, 6.45) is 1.23. The molecule has 0 bridgehead atoms. The van der Waals surface area contributed by atoms with Gasteiger partial charge >= 0.3 is 0 Å². The average Bonchev–Trinajstić information content (AvgIpc) is 3.11. The van der Waals surface area contributed by atoms with E-state index in [1.54, 1.807) is 24.3 Å². The maximum absolute atomic E-state index is 13.1. The number of piperidine rings is 1. The zero-order valence-corrected chi connectivity index (χ0v) is 17.2. The first-order chi connectivity index (χ1) is 13.6. The van der Waals surface area contributed by atoms with E-state index in [1.807, 2.05) is 31.2 Å². The number of ether oxygens (including phenoxy) is 2. The van der Waals surface area contributed by atoms with Gasteiger partial charge in [-0.25, -0.2) is 13.4 Å². The molecule has 0 atom stereocenters. The van der Waals surface area contributed by atoms with Crippen molar-refractivity contribution < 1.29 is 17.9 Å². The fourth-order valence-electron chi connectivity index (χ4n) is 3.31. The lowest BCUT2D eigenvalue weighted by molar-refractivity contribution is 0.135. The van der Waals surface area contributed by atoms with E-state index in [-0.39, 0.29) is 11.0 Å². The van der Waals surface area contributed by atoms with Crippen LogP contribution in [0, 0.1) is 0 Å². The van der Waals surface area contributed by atoms with Gasteiger partial charge < -0.3 is 9.47 Å². The van der Waals surface area contributed by atoms with Crippen LogP contribution in [0.15, 0.2) is 53.4 Å². The molecule has 0 aliphatic carbocycles. The monoisotopic (exact) mass is 418 g/mol. The van der Waals surface area contributed by atoms with Crippen molar-refractivity contribution in [2.45, 2.75) is 30.8 Å². The van der Waals surface area contributed by atoms with Gasteiger partial charge in [0.25, 0.3) is 5.19 Å². The van der Waals surface area contributed by atoms with Gasteiger partial charge in [-0.3, -0.25) is 0 Å². The van der Waals surface area contributed by atoms with E-state index in [9.17, 15) is 8.42 Å². The first-order valence-electron chi connectivity index (χ1n) is 9.32. The standard InChI is InChI=1S/C20H22N2O4S2/c1-2-25-17-8-4-6-10-19(17)28(23,24)22-13-11-15(12-14-22)26-20-21-16-7-3-5-9-18(16)27-20/h3-10,15H,2,11-14H2,1H3. The number of hydrogen-bond acceptors (Lipinski definition) is 6.